The Hall–Kier alpha value is -3.92. The van der Waals surface area contributed by atoms with Crippen LogP contribution in [0, 0.1) is 0 Å². The van der Waals surface area contributed by atoms with E-state index in [4.69, 9.17) is 5.11 Å². The average Bonchev–Trinajstić information content (AvgIpc) is 3.26. The van der Waals surface area contributed by atoms with Crippen LogP contribution in [0.1, 0.15) is 35.6 Å². The fraction of sp³-hybridized carbons (Fsp3) is 0.0769. The third kappa shape index (κ3) is 3.94. The van der Waals surface area contributed by atoms with Gasteiger partial charge in [0.15, 0.2) is 0 Å². The molecule has 0 aliphatic rings. The maximum atomic E-state index is 10.8. The molecule has 148 valence electrons. The number of carbonyl (C=O) groups is 1. The van der Waals surface area contributed by atoms with Crippen LogP contribution >= 0.6 is 0 Å². The van der Waals surface area contributed by atoms with Gasteiger partial charge in [0.1, 0.15) is 0 Å². The molecular formula is C26H22N2O2. The van der Waals surface area contributed by atoms with E-state index in [1.165, 1.54) is 11.1 Å². The molecule has 0 saturated heterocycles. The number of fused-ring (bicyclic) bond motifs is 1. The Kier molecular flexibility index (Phi) is 5.57. The van der Waals surface area contributed by atoms with Gasteiger partial charge in [-0.15, -0.1) is 0 Å². The van der Waals surface area contributed by atoms with Crippen molar-refractivity contribution < 1.29 is 9.90 Å². The molecule has 1 heterocycles. The number of nitrogens with one attached hydrogen (secondary N) is 1. The highest BCUT2D eigenvalue weighted by Gasteiger charge is 2.16. The Balaban J connectivity index is 1.94. The lowest BCUT2D eigenvalue weighted by Gasteiger charge is -2.17. The summed E-state index contributed by atoms with van der Waals surface area (Å²) in [6, 6.07) is 24.6. The van der Waals surface area contributed by atoms with Crippen LogP contribution in [-0.4, -0.2) is 21.3 Å². The molecule has 0 spiro atoms. The minimum absolute atomic E-state index is 0.847. The molecular weight excluding hydrogens is 372 g/mol. The zero-order chi connectivity index (χ0) is 20.9. The lowest BCUT2D eigenvalue weighted by atomic mass is 9.86. The Bertz CT molecular complexity index is 1230. The summed E-state index contributed by atoms with van der Waals surface area (Å²) < 4.78 is 0. The summed E-state index contributed by atoms with van der Waals surface area (Å²) in [7, 11) is 0. The molecule has 0 aliphatic heterocycles. The number of allylic oxidation sites excluding steroid dienone is 1. The van der Waals surface area contributed by atoms with Crippen LogP contribution in [0.3, 0.4) is 0 Å². The molecule has 0 atom stereocenters. The van der Waals surface area contributed by atoms with E-state index in [1.807, 2.05) is 48.7 Å². The maximum absolute atomic E-state index is 10.8. The third-order valence-corrected chi connectivity index (χ3v) is 5.15. The molecule has 0 saturated carbocycles. The lowest BCUT2D eigenvalue weighted by Crippen LogP contribution is -1.96. The number of hydrogen-bond donors (Lipinski definition) is 2. The molecule has 0 fully saturated rings. The molecule has 0 bridgehead atoms. The fourth-order valence-corrected chi connectivity index (χ4v) is 3.77. The number of carboxylic acids is 1. The van der Waals surface area contributed by atoms with E-state index in [9.17, 15) is 4.79 Å². The average molecular weight is 394 g/mol. The first-order valence-electron chi connectivity index (χ1n) is 9.90. The minimum atomic E-state index is -0.955. The maximum Gasteiger partial charge on any atom is 0.328 e. The van der Waals surface area contributed by atoms with Gasteiger partial charge in [0.05, 0.1) is 11.7 Å². The van der Waals surface area contributed by atoms with E-state index in [2.05, 4.69) is 47.5 Å². The Labute approximate surface area is 175 Å². The summed E-state index contributed by atoms with van der Waals surface area (Å²) in [5, 5.41) is 17.2. The monoisotopic (exact) mass is 394 g/mol. The summed E-state index contributed by atoms with van der Waals surface area (Å²) >= 11 is 0. The van der Waals surface area contributed by atoms with Crippen molar-refractivity contribution in [2.24, 2.45) is 0 Å². The Morgan fingerprint density at radius 2 is 1.73 bits per heavy atom. The second-order valence-electron chi connectivity index (χ2n) is 7.00. The number of carboxylic acid groups (broad SMARTS) is 1. The number of benzene rings is 3. The van der Waals surface area contributed by atoms with Crippen molar-refractivity contribution in [3.63, 3.8) is 0 Å². The van der Waals surface area contributed by atoms with E-state index in [0.29, 0.717) is 0 Å². The van der Waals surface area contributed by atoms with E-state index < -0.39 is 5.97 Å². The molecule has 4 heteroatoms. The minimum Gasteiger partial charge on any atom is -0.478 e. The van der Waals surface area contributed by atoms with Gasteiger partial charge in [0, 0.05) is 11.5 Å². The summed E-state index contributed by atoms with van der Waals surface area (Å²) in [5.74, 6) is -0.955. The highest BCUT2D eigenvalue weighted by molar-refractivity contribution is 6.05. The van der Waals surface area contributed by atoms with E-state index in [-0.39, 0.29) is 0 Å². The van der Waals surface area contributed by atoms with E-state index in [0.717, 1.165) is 45.7 Å². The van der Waals surface area contributed by atoms with Crippen molar-refractivity contribution in [1.29, 1.82) is 0 Å². The van der Waals surface area contributed by atoms with Crippen molar-refractivity contribution in [3.8, 4) is 0 Å². The summed E-state index contributed by atoms with van der Waals surface area (Å²) in [5.41, 5.74) is 7.63. The number of aliphatic carboxylic acids is 1. The molecule has 2 N–H and O–H groups in total. The topological polar surface area (TPSA) is 66.0 Å². The lowest BCUT2D eigenvalue weighted by molar-refractivity contribution is -0.131. The van der Waals surface area contributed by atoms with Crippen molar-refractivity contribution in [3.05, 3.63) is 107 Å². The molecule has 3 aromatic carbocycles. The van der Waals surface area contributed by atoms with Crippen molar-refractivity contribution >= 4 is 34.1 Å². The molecule has 1 aromatic heterocycles. The molecule has 4 aromatic rings. The van der Waals surface area contributed by atoms with Gasteiger partial charge in [0.25, 0.3) is 0 Å². The molecule has 0 unspecified atom stereocenters. The number of rotatable bonds is 6. The van der Waals surface area contributed by atoms with Crippen molar-refractivity contribution in [2.75, 3.05) is 0 Å². The number of H-pyrrole nitrogens is 1. The largest absolute Gasteiger partial charge is 0.478 e. The second kappa shape index (κ2) is 8.62. The number of aromatic amines is 1. The van der Waals surface area contributed by atoms with Gasteiger partial charge in [-0.1, -0.05) is 73.7 Å². The van der Waals surface area contributed by atoms with Gasteiger partial charge in [-0.05, 0) is 52.0 Å². The summed E-state index contributed by atoms with van der Waals surface area (Å²) in [6.07, 6.45) is 5.49. The normalized spacial score (nSPS) is 12.3. The number of nitrogens with zero attached hydrogens (tertiary/aromatic N) is 1. The van der Waals surface area contributed by atoms with Crippen molar-refractivity contribution in [2.45, 2.75) is 13.3 Å². The molecule has 4 rings (SSSR count). The second-order valence-corrected chi connectivity index (χ2v) is 7.00. The zero-order valence-corrected chi connectivity index (χ0v) is 16.7. The standard InChI is InChI=1S/C26H22N2O2/c1-2-21(19-7-4-3-5-8-19)26(22-9-6-10-24-23(22)17-27-28-24)20-14-11-18(12-15-20)13-16-25(29)30/h3-17H,2H2,1H3,(H,27,28)(H,29,30)/b16-13?,26-21+. The van der Waals surface area contributed by atoms with Crippen LogP contribution in [0.15, 0.2) is 85.1 Å². The van der Waals surface area contributed by atoms with E-state index in [1.54, 1.807) is 6.08 Å². The molecule has 0 aliphatic carbocycles. The predicted molar refractivity (Wildman–Crippen MR) is 122 cm³/mol. The van der Waals surface area contributed by atoms with Crippen LogP contribution in [0.2, 0.25) is 0 Å². The van der Waals surface area contributed by atoms with Crippen LogP contribution in [0.4, 0.5) is 0 Å². The first kappa shape index (κ1) is 19.4. The molecule has 0 radical (unpaired) electrons. The predicted octanol–water partition coefficient (Wildman–Crippen LogP) is 6.03. The number of hydrogen-bond acceptors (Lipinski definition) is 2. The third-order valence-electron chi connectivity index (χ3n) is 5.15. The van der Waals surface area contributed by atoms with Gasteiger partial charge in [-0.3, -0.25) is 5.10 Å². The van der Waals surface area contributed by atoms with Gasteiger partial charge < -0.3 is 5.11 Å². The van der Waals surface area contributed by atoms with Gasteiger partial charge in [0.2, 0.25) is 0 Å². The first-order chi connectivity index (χ1) is 14.7. The van der Waals surface area contributed by atoms with Crippen LogP contribution in [0.5, 0.6) is 0 Å². The number of aromatic nitrogens is 2. The Morgan fingerprint density at radius 3 is 2.43 bits per heavy atom. The van der Waals surface area contributed by atoms with Gasteiger partial charge in [-0.25, -0.2) is 4.79 Å². The Morgan fingerprint density at radius 1 is 0.967 bits per heavy atom. The van der Waals surface area contributed by atoms with Gasteiger partial charge in [-0.2, -0.15) is 5.10 Å². The smallest absolute Gasteiger partial charge is 0.328 e. The molecule has 0 amide bonds. The van der Waals surface area contributed by atoms with E-state index >= 15 is 0 Å². The zero-order valence-electron chi connectivity index (χ0n) is 16.7. The van der Waals surface area contributed by atoms with Crippen molar-refractivity contribution in [1.82, 2.24) is 10.2 Å². The quantitative estimate of drug-likeness (QED) is 0.310. The summed E-state index contributed by atoms with van der Waals surface area (Å²) in [6.45, 7) is 2.17. The van der Waals surface area contributed by atoms with Crippen LogP contribution in [-0.2, 0) is 4.79 Å². The van der Waals surface area contributed by atoms with Gasteiger partial charge >= 0.3 is 5.97 Å². The highest BCUT2D eigenvalue weighted by Crippen LogP contribution is 2.37. The SMILES string of the molecule is CC/C(=C(/c1ccc(C=CC(=O)O)cc1)c1cccc2[nH]ncc12)c1ccccc1. The molecule has 30 heavy (non-hydrogen) atoms. The fourth-order valence-electron chi connectivity index (χ4n) is 3.77. The van der Waals surface area contributed by atoms with Crippen LogP contribution < -0.4 is 0 Å². The highest BCUT2D eigenvalue weighted by atomic mass is 16.4. The first-order valence-corrected chi connectivity index (χ1v) is 9.90. The van der Waals surface area contributed by atoms with Crippen LogP contribution in [0.25, 0.3) is 28.1 Å². The summed E-state index contributed by atoms with van der Waals surface area (Å²) in [4.78, 5) is 10.8. The molecule has 4 nitrogen and oxygen atoms in total.